The molecule has 0 aliphatic heterocycles. The van der Waals surface area contributed by atoms with Crippen LogP contribution in [-0.4, -0.2) is 43.4 Å². The predicted octanol–water partition coefficient (Wildman–Crippen LogP) is 1.37. The Morgan fingerprint density at radius 2 is 1.90 bits per heavy atom. The highest BCUT2D eigenvalue weighted by molar-refractivity contribution is 5.84. The van der Waals surface area contributed by atoms with Crippen LogP contribution < -0.4 is 11.1 Å². The second kappa shape index (κ2) is 10.7. The van der Waals surface area contributed by atoms with Gasteiger partial charge in [0.1, 0.15) is 0 Å². The van der Waals surface area contributed by atoms with Gasteiger partial charge in [-0.1, -0.05) is 27.2 Å². The van der Waals surface area contributed by atoms with Gasteiger partial charge in [-0.15, -0.1) is 0 Å². The largest absolute Gasteiger partial charge is 0.354 e. The number of rotatable bonds is 10. The molecule has 2 amide bonds. The third-order valence-electron chi connectivity index (χ3n) is 3.43. The van der Waals surface area contributed by atoms with Crippen LogP contribution >= 0.6 is 0 Å². The molecule has 0 aliphatic rings. The Balaban J connectivity index is 3.99. The first-order valence-electron chi connectivity index (χ1n) is 7.61. The van der Waals surface area contributed by atoms with E-state index in [9.17, 15) is 9.59 Å². The zero-order valence-electron chi connectivity index (χ0n) is 13.4. The van der Waals surface area contributed by atoms with E-state index in [1.165, 1.54) is 4.90 Å². The van der Waals surface area contributed by atoms with Crippen LogP contribution in [0.2, 0.25) is 0 Å². The predicted molar refractivity (Wildman–Crippen MR) is 82.2 cm³/mol. The average molecular weight is 285 g/mol. The fourth-order valence-corrected chi connectivity index (χ4v) is 1.98. The average Bonchev–Trinajstić information content (AvgIpc) is 2.40. The molecule has 0 spiro atoms. The summed E-state index contributed by atoms with van der Waals surface area (Å²) in [5.74, 6) is 0.859. The van der Waals surface area contributed by atoms with Gasteiger partial charge in [-0.2, -0.15) is 0 Å². The normalized spacial score (nSPS) is 12.3. The summed E-state index contributed by atoms with van der Waals surface area (Å²) in [4.78, 5) is 25.1. The van der Waals surface area contributed by atoms with E-state index in [0.717, 1.165) is 19.3 Å². The molecule has 0 aromatic rings. The first-order valence-corrected chi connectivity index (χ1v) is 7.61. The first-order chi connectivity index (χ1) is 9.40. The molecular weight excluding hydrogens is 254 g/mol. The third kappa shape index (κ3) is 8.91. The maximum absolute atomic E-state index is 12.0. The zero-order valence-corrected chi connectivity index (χ0v) is 13.4. The van der Waals surface area contributed by atoms with Crippen molar-refractivity contribution < 1.29 is 9.59 Å². The van der Waals surface area contributed by atoms with Crippen molar-refractivity contribution in [3.8, 4) is 0 Å². The second-order valence-electron chi connectivity index (χ2n) is 5.84. The van der Waals surface area contributed by atoms with Gasteiger partial charge in [0.05, 0.1) is 6.54 Å². The van der Waals surface area contributed by atoms with Crippen molar-refractivity contribution in [2.45, 2.75) is 46.5 Å². The number of nitrogens with one attached hydrogen (secondary N) is 1. The van der Waals surface area contributed by atoms with E-state index >= 15 is 0 Å². The van der Waals surface area contributed by atoms with E-state index in [0.29, 0.717) is 31.3 Å². The number of carbonyl (C=O) groups is 2. The van der Waals surface area contributed by atoms with Gasteiger partial charge in [0.15, 0.2) is 0 Å². The van der Waals surface area contributed by atoms with Crippen molar-refractivity contribution in [1.29, 1.82) is 0 Å². The third-order valence-corrected chi connectivity index (χ3v) is 3.43. The highest BCUT2D eigenvalue weighted by Crippen LogP contribution is 2.15. The van der Waals surface area contributed by atoms with Gasteiger partial charge in [-0.05, 0) is 31.2 Å². The lowest BCUT2D eigenvalue weighted by molar-refractivity contribution is -0.135. The molecular formula is C15H31N3O2. The summed E-state index contributed by atoms with van der Waals surface area (Å²) in [6.45, 7) is 7.65. The molecule has 0 saturated carbocycles. The molecule has 0 saturated heterocycles. The van der Waals surface area contributed by atoms with Crippen LogP contribution in [0.15, 0.2) is 0 Å². The van der Waals surface area contributed by atoms with Crippen molar-refractivity contribution in [2.24, 2.45) is 17.6 Å². The monoisotopic (exact) mass is 285 g/mol. The summed E-state index contributed by atoms with van der Waals surface area (Å²) >= 11 is 0. The molecule has 0 aromatic carbocycles. The molecule has 0 bridgehead atoms. The minimum absolute atomic E-state index is 0.0279. The van der Waals surface area contributed by atoms with Crippen LogP contribution in [0.4, 0.5) is 0 Å². The number of amides is 2. The molecule has 20 heavy (non-hydrogen) atoms. The van der Waals surface area contributed by atoms with Gasteiger partial charge in [0, 0.05) is 20.0 Å². The Bertz CT molecular complexity index is 293. The van der Waals surface area contributed by atoms with Gasteiger partial charge in [0.2, 0.25) is 11.8 Å². The van der Waals surface area contributed by atoms with E-state index in [1.807, 2.05) is 13.8 Å². The summed E-state index contributed by atoms with van der Waals surface area (Å²) < 4.78 is 0. The lowest BCUT2D eigenvalue weighted by atomic mass is 9.96. The lowest BCUT2D eigenvalue weighted by Gasteiger charge is -2.19. The van der Waals surface area contributed by atoms with Crippen molar-refractivity contribution in [3.05, 3.63) is 0 Å². The number of hydrogen-bond acceptors (Lipinski definition) is 3. The zero-order chi connectivity index (χ0) is 15.5. The molecule has 0 rings (SSSR count). The van der Waals surface area contributed by atoms with Crippen LogP contribution in [-0.2, 0) is 9.59 Å². The van der Waals surface area contributed by atoms with Gasteiger partial charge >= 0.3 is 0 Å². The summed E-state index contributed by atoms with van der Waals surface area (Å²) in [6.07, 6.45) is 3.35. The molecule has 0 heterocycles. The molecule has 5 heteroatoms. The summed E-state index contributed by atoms with van der Waals surface area (Å²) in [7, 11) is 1.68. The van der Waals surface area contributed by atoms with E-state index < -0.39 is 0 Å². The van der Waals surface area contributed by atoms with Crippen LogP contribution in [0.5, 0.6) is 0 Å². The number of nitrogens with zero attached hydrogens (tertiary/aromatic N) is 1. The minimum Gasteiger partial charge on any atom is -0.354 e. The standard InChI is InChI=1S/C15H31N3O2/c1-5-13(8-9-16)6-7-15(20)18(4)11-14(19)17-10-12(2)3/h12-13H,5-11,16H2,1-4H3,(H,17,19). The highest BCUT2D eigenvalue weighted by atomic mass is 16.2. The molecule has 0 aliphatic carbocycles. The van der Waals surface area contributed by atoms with Crippen molar-refractivity contribution in [3.63, 3.8) is 0 Å². The Morgan fingerprint density at radius 1 is 1.25 bits per heavy atom. The molecule has 0 fully saturated rings. The summed E-state index contributed by atoms with van der Waals surface area (Å²) in [5.41, 5.74) is 5.55. The van der Waals surface area contributed by atoms with Gasteiger partial charge in [-0.25, -0.2) is 0 Å². The fraction of sp³-hybridized carbons (Fsp3) is 0.867. The van der Waals surface area contributed by atoms with Crippen LogP contribution in [0, 0.1) is 11.8 Å². The van der Waals surface area contributed by atoms with Crippen molar-refractivity contribution in [1.82, 2.24) is 10.2 Å². The van der Waals surface area contributed by atoms with E-state index in [4.69, 9.17) is 5.73 Å². The number of hydrogen-bond donors (Lipinski definition) is 2. The topological polar surface area (TPSA) is 75.4 Å². The van der Waals surface area contributed by atoms with E-state index in [1.54, 1.807) is 7.05 Å². The lowest BCUT2D eigenvalue weighted by Crippen LogP contribution is -2.39. The Morgan fingerprint density at radius 3 is 2.40 bits per heavy atom. The molecule has 5 nitrogen and oxygen atoms in total. The Labute approximate surface area is 123 Å². The van der Waals surface area contributed by atoms with Crippen molar-refractivity contribution in [2.75, 3.05) is 26.7 Å². The van der Waals surface area contributed by atoms with E-state index in [-0.39, 0.29) is 18.4 Å². The van der Waals surface area contributed by atoms with Gasteiger partial charge < -0.3 is 16.0 Å². The van der Waals surface area contributed by atoms with E-state index in [2.05, 4.69) is 12.2 Å². The van der Waals surface area contributed by atoms with Crippen LogP contribution in [0.1, 0.15) is 46.5 Å². The fourth-order valence-electron chi connectivity index (χ4n) is 1.98. The maximum atomic E-state index is 12.0. The maximum Gasteiger partial charge on any atom is 0.239 e. The summed E-state index contributed by atoms with van der Waals surface area (Å²) in [6, 6.07) is 0. The molecule has 0 aromatic heterocycles. The van der Waals surface area contributed by atoms with Gasteiger partial charge in [-0.3, -0.25) is 9.59 Å². The van der Waals surface area contributed by atoms with Gasteiger partial charge in [0.25, 0.3) is 0 Å². The SMILES string of the molecule is CCC(CCN)CCC(=O)N(C)CC(=O)NCC(C)C. The molecule has 1 atom stereocenters. The molecule has 0 radical (unpaired) electrons. The Kier molecular flexibility index (Phi) is 10.1. The number of carbonyl (C=O) groups excluding carboxylic acids is 2. The van der Waals surface area contributed by atoms with Crippen LogP contribution in [0.3, 0.4) is 0 Å². The Hall–Kier alpha value is -1.10. The number of likely N-dealkylation sites (N-methyl/N-ethyl adjacent to an activating group) is 1. The first kappa shape index (κ1) is 18.9. The molecule has 1 unspecified atom stereocenters. The van der Waals surface area contributed by atoms with Crippen LogP contribution in [0.25, 0.3) is 0 Å². The molecule has 118 valence electrons. The molecule has 3 N–H and O–H groups in total. The highest BCUT2D eigenvalue weighted by Gasteiger charge is 2.15. The number of nitrogens with two attached hydrogens (primary N) is 1. The second-order valence-corrected chi connectivity index (χ2v) is 5.84. The minimum atomic E-state index is -0.0939. The summed E-state index contributed by atoms with van der Waals surface area (Å²) in [5, 5.41) is 2.81. The quantitative estimate of drug-likeness (QED) is 0.636. The smallest absolute Gasteiger partial charge is 0.239 e. The van der Waals surface area contributed by atoms with Crippen molar-refractivity contribution >= 4 is 11.8 Å².